The van der Waals surface area contributed by atoms with Crippen LogP contribution in [0.2, 0.25) is 0 Å². The van der Waals surface area contributed by atoms with Crippen molar-refractivity contribution < 1.29 is 32.2 Å². The van der Waals surface area contributed by atoms with Crippen LogP contribution < -0.4 is 14.2 Å². The average Bonchev–Trinajstić information content (AvgIpc) is 2.68. The second-order valence-electron chi connectivity index (χ2n) is 5.71. The van der Waals surface area contributed by atoms with Crippen molar-refractivity contribution in [3.05, 3.63) is 83.9 Å². The Morgan fingerprint density at radius 2 is 1.46 bits per heavy atom. The maximum atomic E-state index is 12.2. The molecule has 3 aromatic rings. The van der Waals surface area contributed by atoms with Gasteiger partial charge in [0.25, 0.3) is 0 Å². The van der Waals surface area contributed by atoms with Crippen LogP contribution in [0.25, 0.3) is 0 Å². The van der Waals surface area contributed by atoms with Crippen LogP contribution in [0.3, 0.4) is 0 Å². The first-order valence-corrected chi connectivity index (χ1v) is 8.22. The molecule has 0 atom stereocenters. The Kier molecular flexibility index (Phi) is 5.84. The molecule has 144 valence electrons. The van der Waals surface area contributed by atoms with Crippen LogP contribution in [0.15, 0.2) is 72.8 Å². The largest absolute Gasteiger partial charge is 0.573 e. The lowest BCUT2D eigenvalue weighted by atomic mass is 10.2. The fourth-order valence-corrected chi connectivity index (χ4v) is 2.39. The van der Waals surface area contributed by atoms with Crippen molar-refractivity contribution >= 4 is 6.29 Å². The minimum absolute atomic E-state index is 0.296. The highest BCUT2D eigenvalue weighted by Gasteiger charge is 2.30. The summed E-state index contributed by atoms with van der Waals surface area (Å²) in [5.74, 6) is 0.696. The molecule has 7 heteroatoms. The molecule has 0 aliphatic rings. The first-order chi connectivity index (χ1) is 13.4. The van der Waals surface area contributed by atoms with Crippen molar-refractivity contribution in [3.8, 4) is 23.0 Å². The van der Waals surface area contributed by atoms with E-state index in [1.54, 1.807) is 12.1 Å². The van der Waals surface area contributed by atoms with Gasteiger partial charge >= 0.3 is 6.36 Å². The molecule has 0 unspecified atom stereocenters. The van der Waals surface area contributed by atoms with Crippen molar-refractivity contribution in [1.29, 1.82) is 0 Å². The molecule has 3 aromatic carbocycles. The molecule has 0 fully saturated rings. The molecular formula is C21H15F3O4. The fraction of sp³-hybridized carbons (Fsp3) is 0.0952. The number of carbonyl (C=O) groups excluding carboxylic acids is 1. The zero-order chi connectivity index (χ0) is 20.0. The number of alkyl halides is 3. The standard InChI is InChI=1S/C21H15F3O4/c22-21(23,24)28-18-8-6-17(7-9-18)27-19-10-11-20(16(12-19)13-25)26-14-15-4-2-1-3-5-15/h1-13H,14H2. The van der Waals surface area contributed by atoms with Gasteiger partial charge in [-0.05, 0) is 48.0 Å². The number of halogens is 3. The summed E-state index contributed by atoms with van der Waals surface area (Å²) in [6.45, 7) is 0.308. The molecule has 0 radical (unpaired) electrons. The molecule has 0 saturated heterocycles. The van der Waals surface area contributed by atoms with Crippen LogP contribution in [-0.4, -0.2) is 12.6 Å². The van der Waals surface area contributed by atoms with E-state index in [9.17, 15) is 18.0 Å². The fourth-order valence-electron chi connectivity index (χ4n) is 2.39. The highest BCUT2D eigenvalue weighted by Crippen LogP contribution is 2.30. The van der Waals surface area contributed by atoms with Crippen LogP contribution in [0.4, 0.5) is 13.2 Å². The number of hydrogen-bond donors (Lipinski definition) is 0. The van der Waals surface area contributed by atoms with Gasteiger partial charge in [-0.2, -0.15) is 0 Å². The van der Waals surface area contributed by atoms with Gasteiger partial charge in [-0.1, -0.05) is 30.3 Å². The molecule has 0 heterocycles. The summed E-state index contributed by atoms with van der Waals surface area (Å²) in [5.41, 5.74) is 1.26. The Labute approximate surface area is 159 Å². The van der Waals surface area contributed by atoms with Crippen LogP contribution in [0.1, 0.15) is 15.9 Å². The van der Waals surface area contributed by atoms with Crippen LogP contribution in [0.5, 0.6) is 23.0 Å². The third kappa shape index (κ3) is 5.51. The summed E-state index contributed by atoms with van der Waals surface area (Å²) >= 11 is 0. The number of rotatable bonds is 7. The third-order valence-corrected chi connectivity index (χ3v) is 3.64. The molecule has 0 bridgehead atoms. The number of carbonyl (C=O) groups is 1. The minimum Gasteiger partial charge on any atom is -0.488 e. The smallest absolute Gasteiger partial charge is 0.488 e. The summed E-state index contributed by atoms with van der Waals surface area (Å²) in [4.78, 5) is 11.4. The van der Waals surface area contributed by atoms with E-state index in [1.807, 2.05) is 30.3 Å². The zero-order valence-corrected chi connectivity index (χ0v) is 14.5. The predicted octanol–water partition coefficient (Wildman–Crippen LogP) is 5.77. The van der Waals surface area contributed by atoms with Crippen LogP contribution >= 0.6 is 0 Å². The van der Waals surface area contributed by atoms with Gasteiger partial charge in [0.05, 0.1) is 5.56 Å². The zero-order valence-electron chi connectivity index (χ0n) is 14.5. The van der Waals surface area contributed by atoms with E-state index in [-0.39, 0.29) is 5.75 Å². The molecule has 0 aromatic heterocycles. The lowest BCUT2D eigenvalue weighted by Gasteiger charge is -2.12. The molecule has 0 amide bonds. The van der Waals surface area contributed by atoms with Gasteiger partial charge in [0.15, 0.2) is 6.29 Å². The van der Waals surface area contributed by atoms with E-state index in [4.69, 9.17) is 9.47 Å². The number of ether oxygens (including phenoxy) is 3. The maximum absolute atomic E-state index is 12.2. The quantitative estimate of drug-likeness (QED) is 0.482. The number of benzene rings is 3. The highest BCUT2D eigenvalue weighted by molar-refractivity contribution is 5.80. The minimum atomic E-state index is -4.75. The molecule has 0 aliphatic carbocycles. The Morgan fingerprint density at radius 3 is 2.11 bits per heavy atom. The summed E-state index contributed by atoms with van der Waals surface area (Å²) in [6, 6.07) is 19.1. The van der Waals surface area contributed by atoms with Crippen molar-refractivity contribution in [2.24, 2.45) is 0 Å². The maximum Gasteiger partial charge on any atom is 0.573 e. The van der Waals surface area contributed by atoms with Crippen molar-refractivity contribution in [3.63, 3.8) is 0 Å². The number of aldehydes is 1. The van der Waals surface area contributed by atoms with Gasteiger partial charge in [0.2, 0.25) is 0 Å². The van der Waals surface area contributed by atoms with E-state index >= 15 is 0 Å². The highest BCUT2D eigenvalue weighted by atomic mass is 19.4. The molecule has 0 N–H and O–H groups in total. The SMILES string of the molecule is O=Cc1cc(Oc2ccc(OC(F)(F)F)cc2)ccc1OCc1ccccc1. The van der Waals surface area contributed by atoms with Crippen molar-refractivity contribution in [2.75, 3.05) is 0 Å². The summed E-state index contributed by atoms with van der Waals surface area (Å²) in [6.07, 6.45) is -4.11. The molecule has 0 saturated carbocycles. The molecule has 4 nitrogen and oxygen atoms in total. The normalized spacial score (nSPS) is 11.0. The van der Waals surface area contributed by atoms with Gasteiger partial charge in [-0.3, -0.25) is 4.79 Å². The predicted molar refractivity (Wildman–Crippen MR) is 95.8 cm³/mol. The Hall–Kier alpha value is -3.48. The Morgan fingerprint density at radius 1 is 0.821 bits per heavy atom. The number of hydrogen-bond acceptors (Lipinski definition) is 4. The van der Waals surface area contributed by atoms with Gasteiger partial charge in [0, 0.05) is 0 Å². The second kappa shape index (κ2) is 8.47. The molecule has 0 spiro atoms. The topological polar surface area (TPSA) is 44.8 Å². The first-order valence-electron chi connectivity index (χ1n) is 8.22. The first kappa shape index (κ1) is 19.3. The monoisotopic (exact) mass is 388 g/mol. The lowest BCUT2D eigenvalue weighted by Crippen LogP contribution is -2.16. The summed E-state index contributed by atoms with van der Waals surface area (Å²) < 4.78 is 51.6. The molecule has 28 heavy (non-hydrogen) atoms. The van der Waals surface area contributed by atoms with Crippen molar-refractivity contribution in [1.82, 2.24) is 0 Å². The van der Waals surface area contributed by atoms with Gasteiger partial charge in [-0.25, -0.2) is 0 Å². The van der Waals surface area contributed by atoms with Gasteiger partial charge < -0.3 is 14.2 Å². The summed E-state index contributed by atoms with van der Waals surface area (Å²) in [7, 11) is 0. The van der Waals surface area contributed by atoms with E-state index < -0.39 is 6.36 Å². The summed E-state index contributed by atoms with van der Waals surface area (Å²) in [5, 5.41) is 0. The van der Waals surface area contributed by atoms with Gasteiger partial charge in [0.1, 0.15) is 29.6 Å². The molecule has 3 rings (SSSR count). The van der Waals surface area contributed by atoms with Crippen molar-refractivity contribution in [2.45, 2.75) is 13.0 Å². The lowest BCUT2D eigenvalue weighted by molar-refractivity contribution is -0.274. The van der Waals surface area contributed by atoms with E-state index in [2.05, 4.69) is 4.74 Å². The molecule has 0 aliphatic heterocycles. The Balaban J connectivity index is 1.67. The average molecular weight is 388 g/mol. The Bertz CT molecular complexity index is 923. The van der Waals surface area contributed by atoms with E-state index in [0.717, 1.165) is 17.7 Å². The van der Waals surface area contributed by atoms with Gasteiger partial charge in [-0.15, -0.1) is 13.2 Å². The second-order valence-corrected chi connectivity index (χ2v) is 5.71. The third-order valence-electron chi connectivity index (χ3n) is 3.64. The van der Waals surface area contributed by atoms with Crippen LogP contribution in [-0.2, 0) is 6.61 Å². The van der Waals surface area contributed by atoms with E-state index in [0.29, 0.717) is 35.7 Å². The molecular weight excluding hydrogens is 373 g/mol. The van der Waals surface area contributed by atoms with E-state index in [1.165, 1.54) is 18.2 Å². The van der Waals surface area contributed by atoms with Crippen LogP contribution in [0, 0.1) is 0 Å².